The number of nitrogens with zero attached hydrogens (tertiary/aromatic N) is 3. The van der Waals surface area contributed by atoms with E-state index in [9.17, 15) is 14.4 Å². The van der Waals surface area contributed by atoms with Crippen LogP contribution >= 0.6 is 0 Å². The molecule has 0 spiro atoms. The zero-order chi connectivity index (χ0) is 25.3. The molecule has 0 aliphatic heterocycles. The number of carbonyl (C=O) groups excluding carboxylic acids is 1. The molecule has 0 saturated carbocycles. The molecule has 0 aliphatic carbocycles. The minimum atomic E-state index is -0.461. The Balaban J connectivity index is 1.80. The number of amides is 1. The molecule has 0 atom stereocenters. The number of aryl methyl sites for hydroxylation is 1. The highest BCUT2D eigenvalue weighted by molar-refractivity contribution is 5.96. The third-order valence-electron chi connectivity index (χ3n) is 5.86. The van der Waals surface area contributed by atoms with Gasteiger partial charge in [0, 0.05) is 19.7 Å². The van der Waals surface area contributed by atoms with Gasteiger partial charge < -0.3 is 14.2 Å². The summed E-state index contributed by atoms with van der Waals surface area (Å²) in [5, 5.41) is 0.311. The second-order valence-electron chi connectivity index (χ2n) is 7.94. The fourth-order valence-corrected chi connectivity index (χ4v) is 4.01. The largest absolute Gasteiger partial charge is 0.497 e. The van der Waals surface area contributed by atoms with Gasteiger partial charge in [-0.05, 0) is 42.0 Å². The summed E-state index contributed by atoms with van der Waals surface area (Å²) in [5.41, 5.74) is 4.17. The van der Waals surface area contributed by atoms with Crippen LogP contribution in [0.3, 0.4) is 0 Å². The summed E-state index contributed by atoms with van der Waals surface area (Å²) in [6.45, 7) is 0. The highest BCUT2D eigenvalue weighted by Gasteiger charge is 2.21. The van der Waals surface area contributed by atoms with Crippen LogP contribution < -0.4 is 30.9 Å². The van der Waals surface area contributed by atoms with Crippen LogP contribution in [0, 0.1) is 0 Å². The maximum Gasteiger partial charge on any atom is 0.330 e. The van der Waals surface area contributed by atoms with Gasteiger partial charge in [-0.2, -0.15) is 0 Å². The van der Waals surface area contributed by atoms with Gasteiger partial charge in [0.2, 0.25) is 5.91 Å². The molecular formula is C25H26N4O6. The number of hydrogen-bond acceptors (Lipinski definition) is 6. The summed E-state index contributed by atoms with van der Waals surface area (Å²) in [6, 6.07) is 12.3. The number of aromatic nitrogens is 3. The van der Waals surface area contributed by atoms with Gasteiger partial charge >= 0.3 is 5.69 Å². The third-order valence-corrected chi connectivity index (χ3v) is 5.86. The van der Waals surface area contributed by atoms with E-state index in [1.54, 1.807) is 69.9 Å². The molecule has 10 heteroatoms. The number of carbonyl (C=O) groups is 1. The molecule has 0 bridgehead atoms. The average molecular weight is 479 g/mol. The summed E-state index contributed by atoms with van der Waals surface area (Å²) < 4.78 is 19.7. The predicted octanol–water partition coefficient (Wildman–Crippen LogP) is 2.04. The SMILES string of the molecule is COc1ccc(-c2c3c(=O)n(C)c(=O)n(C)c3cn2NC(=O)Cc2ccc(OC)c(OC)c2)cc1. The van der Waals surface area contributed by atoms with E-state index in [0.717, 1.165) is 4.57 Å². The zero-order valence-electron chi connectivity index (χ0n) is 20.1. The lowest BCUT2D eigenvalue weighted by Gasteiger charge is -2.13. The Hall–Kier alpha value is -4.47. The van der Waals surface area contributed by atoms with E-state index in [4.69, 9.17) is 14.2 Å². The quantitative estimate of drug-likeness (QED) is 0.436. The van der Waals surface area contributed by atoms with Crippen molar-refractivity contribution in [3.05, 3.63) is 75.1 Å². The van der Waals surface area contributed by atoms with Crippen LogP contribution in [-0.2, 0) is 25.3 Å². The smallest absolute Gasteiger partial charge is 0.330 e. The van der Waals surface area contributed by atoms with E-state index in [2.05, 4.69) is 5.43 Å². The first-order valence-electron chi connectivity index (χ1n) is 10.7. The fourth-order valence-electron chi connectivity index (χ4n) is 4.01. The summed E-state index contributed by atoms with van der Waals surface area (Å²) in [7, 11) is 7.64. The van der Waals surface area contributed by atoms with Gasteiger partial charge in [0.25, 0.3) is 5.56 Å². The number of ether oxygens (including phenoxy) is 3. The predicted molar refractivity (Wildman–Crippen MR) is 132 cm³/mol. The van der Waals surface area contributed by atoms with Crippen LogP contribution in [-0.4, -0.2) is 41.0 Å². The molecular weight excluding hydrogens is 452 g/mol. The number of fused-ring (bicyclic) bond motifs is 1. The highest BCUT2D eigenvalue weighted by atomic mass is 16.5. The van der Waals surface area contributed by atoms with E-state index >= 15 is 0 Å². The molecule has 1 amide bonds. The molecule has 182 valence electrons. The van der Waals surface area contributed by atoms with Crippen LogP contribution in [0.2, 0.25) is 0 Å². The number of methoxy groups -OCH3 is 3. The Labute approximate surface area is 200 Å². The zero-order valence-corrected chi connectivity index (χ0v) is 20.1. The second-order valence-corrected chi connectivity index (χ2v) is 7.94. The van der Waals surface area contributed by atoms with Crippen LogP contribution in [0.1, 0.15) is 5.56 Å². The van der Waals surface area contributed by atoms with Crippen molar-refractivity contribution in [1.29, 1.82) is 0 Å². The molecule has 1 N–H and O–H groups in total. The second kappa shape index (κ2) is 9.41. The normalized spacial score (nSPS) is 10.9. The van der Waals surface area contributed by atoms with E-state index in [1.165, 1.54) is 23.4 Å². The van der Waals surface area contributed by atoms with E-state index < -0.39 is 11.2 Å². The summed E-state index contributed by atoms with van der Waals surface area (Å²) in [6.07, 6.45) is 1.62. The lowest BCUT2D eigenvalue weighted by molar-refractivity contribution is -0.116. The van der Waals surface area contributed by atoms with Crippen molar-refractivity contribution >= 4 is 16.8 Å². The van der Waals surface area contributed by atoms with Gasteiger partial charge in [-0.15, -0.1) is 0 Å². The minimum Gasteiger partial charge on any atom is -0.497 e. The van der Waals surface area contributed by atoms with E-state index in [0.29, 0.717) is 45.0 Å². The van der Waals surface area contributed by atoms with Crippen LogP contribution in [0.15, 0.2) is 58.3 Å². The van der Waals surface area contributed by atoms with Gasteiger partial charge in [-0.1, -0.05) is 6.07 Å². The molecule has 35 heavy (non-hydrogen) atoms. The Morgan fingerprint density at radius 1 is 0.886 bits per heavy atom. The monoisotopic (exact) mass is 478 g/mol. The Morgan fingerprint density at radius 3 is 2.20 bits per heavy atom. The van der Waals surface area contributed by atoms with Crippen LogP contribution in [0.25, 0.3) is 22.2 Å². The molecule has 0 fully saturated rings. The van der Waals surface area contributed by atoms with Crippen molar-refractivity contribution in [1.82, 2.24) is 13.8 Å². The van der Waals surface area contributed by atoms with Gasteiger partial charge in [-0.25, -0.2) is 4.79 Å². The Morgan fingerprint density at radius 2 is 1.57 bits per heavy atom. The third kappa shape index (κ3) is 4.25. The first kappa shape index (κ1) is 23.7. The number of hydrogen-bond donors (Lipinski definition) is 1. The molecule has 10 nitrogen and oxygen atoms in total. The summed E-state index contributed by atoms with van der Waals surface area (Å²) in [4.78, 5) is 38.6. The van der Waals surface area contributed by atoms with Crippen molar-refractivity contribution in [3.63, 3.8) is 0 Å². The van der Waals surface area contributed by atoms with E-state index in [-0.39, 0.29) is 12.3 Å². The van der Waals surface area contributed by atoms with E-state index in [1.807, 2.05) is 0 Å². The van der Waals surface area contributed by atoms with Gasteiger partial charge in [-0.3, -0.25) is 28.8 Å². The molecule has 2 aromatic carbocycles. The van der Waals surface area contributed by atoms with Crippen molar-refractivity contribution in [2.45, 2.75) is 6.42 Å². The highest BCUT2D eigenvalue weighted by Crippen LogP contribution is 2.30. The average Bonchev–Trinajstić information content (AvgIpc) is 3.25. The maximum atomic E-state index is 13.1. The standard InChI is InChI=1S/C25H26N4O6/c1-27-18-14-29(26-21(30)13-15-6-11-19(34-4)20(12-15)35-5)23(16-7-9-17(33-3)10-8-16)22(18)24(31)28(2)25(27)32/h6-12,14H,13H2,1-5H3,(H,26,30). The number of rotatable bonds is 7. The Bertz CT molecular complexity index is 1530. The fraction of sp³-hybridized carbons (Fsp3) is 0.240. The van der Waals surface area contributed by atoms with Crippen LogP contribution in [0.4, 0.5) is 0 Å². The molecule has 0 saturated heterocycles. The van der Waals surface area contributed by atoms with Crippen molar-refractivity contribution in [2.24, 2.45) is 14.1 Å². The first-order chi connectivity index (χ1) is 16.8. The number of nitrogens with one attached hydrogen (secondary N) is 1. The molecule has 0 unspecified atom stereocenters. The summed E-state index contributed by atoms with van der Waals surface area (Å²) in [5.74, 6) is 1.40. The van der Waals surface area contributed by atoms with Gasteiger partial charge in [0.1, 0.15) is 5.75 Å². The molecule has 2 heterocycles. The first-order valence-corrected chi connectivity index (χ1v) is 10.7. The van der Waals surface area contributed by atoms with Crippen LogP contribution in [0.5, 0.6) is 17.2 Å². The molecule has 4 aromatic rings. The van der Waals surface area contributed by atoms with Gasteiger partial charge in [0.15, 0.2) is 11.5 Å². The summed E-state index contributed by atoms with van der Waals surface area (Å²) >= 11 is 0. The number of benzene rings is 2. The van der Waals surface area contributed by atoms with Gasteiger partial charge in [0.05, 0.1) is 50.5 Å². The maximum absolute atomic E-state index is 13.1. The van der Waals surface area contributed by atoms with Crippen molar-refractivity contribution in [2.75, 3.05) is 26.8 Å². The lowest BCUT2D eigenvalue weighted by Crippen LogP contribution is -2.36. The minimum absolute atomic E-state index is 0.0495. The van der Waals surface area contributed by atoms with Crippen molar-refractivity contribution < 1.29 is 19.0 Å². The molecule has 0 aliphatic rings. The molecule has 2 aromatic heterocycles. The van der Waals surface area contributed by atoms with Crippen molar-refractivity contribution in [3.8, 4) is 28.5 Å². The molecule has 4 rings (SSSR count). The lowest BCUT2D eigenvalue weighted by atomic mass is 10.1. The molecule has 0 radical (unpaired) electrons. The Kier molecular flexibility index (Phi) is 6.37. The topological polar surface area (TPSA) is 106 Å².